The number of rotatable bonds is 7. The number of carbonyl (C=O) groups is 1. The molecule has 0 saturated heterocycles. The van der Waals surface area contributed by atoms with Crippen molar-refractivity contribution in [3.63, 3.8) is 0 Å². The van der Waals surface area contributed by atoms with Crippen LogP contribution in [0.15, 0.2) is 4.90 Å². The summed E-state index contributed by atoms with van der Waals surface area (Å²) in [7, 11) is -3.71. The normalized spacial score (nSPS) is 11.2. The summed E-state index contributed by atoms with van der Waals surface area (Å²) < 4.78 is 28.0. The summed E-state index contributed by atoms with van der Waals surface area (Å²) in [6.07, 6.45) is 0.0245. The molecule has 0 aliphatic rings. The first kappa shape index (κ1) is 21.1. The molecule has 1 rings (SSSR count). The summed E-state index contributed by atoms with van der Waals surface area (Å²) in [5.41, 5.74) is 4.49. The molecule has 0 unspecified atom stereocenters. The van der Waals surface area contributed by atoms with Gasteiger partial charge in [-0.3, -0.25) is 4.79 Å². The van der Waals surface area contributed by atoms with Crippen molar-refractivity contribution < 1.29 is 13.2 Å². The van der Waals surface area contributed by atoms with Gasteiger partial charge in [0.2, 0.25) is 15.9 Å². The minimum absolute atomic E-state index is 0.00788. The Morgan fingerprint density at radius 3 is 1.96 bits per heavy atom. The molecule has 0 heterocycles. The van der Waals surface area contributed by atoms with Crippen molar-refractivity contribution in [1.29, 1.82) is 5.26 Å². The van der Waals surface area contributed by atoms with E-state index in [4.69, 9.17) is 5.26 Å². The fourth-order valence-corrected chi connectivity index (χ4v) is 4.48. The van der Waals surface area contributed by atoms with Gasteiger partial charge in [-0.25, -0.2) is 13.1 Å². The van der Waals surface area contributed by atoms with Gasteiger partial charge in [-0.05, 0) is 69.4 Å². The zero-order valence-corrected chi connectivity index (χ0v) is 16.7. The lowest BCUT2D eigenvalue weighted by Crippen LogP contribution is -2.35. The third-order valence-electron chi connectivity index (χ3n) is 4.83. The molecule has 1 aromatic carbocycles. The van der Waals surface area contributed by atoms with Gasteiger partial charge in [-0.1, -0.05) is 0 Å². The molecule has 0 spiro atoms. The van der Waals surface area contributed by atoms with E-state index in [-0.39, 0.29) is 25.4 Å². The van der Waals surface area contributed by atoms with Crippen LogP contribution in [0.4, 0.5) is 0 Å². The Morgan fingerprint density at radius 1 is 1.04 bits per heavy atom. The highest BCUT2D eigenvalue weighted by atomic mass is 32.2. The van der Waals surface area contributed by atoms with Crippen LogP contribution in [-0.4, -0.2) is 38.9 Å². The topological polar surface area (TPSA) is 90.3 Å². The molecule has 1 N–H and O–H groups in total. The molecule has 0 aliphatic heterocycles. The van der Waals surface area contributed by atoms with Gasteiger partial charge in [-0.15, -0.1) is 0 Å². The Bertz CT molecular complexity index is 779. The standard InChI is InChI=1S/C18H27N3O3S/c1-7-21(11-9-19)17(22)8-10-20-25(23,24)18-15(5)13(3)12(2)14(4)16(18)6/h20H,7-8,10-11H2,1-6H3. The fourth-order valence-electron chi connectivity index (χ4n) is 2.85. The molecule has 138 valence electrons. The molecular weight excluding hydrogens is 338 g/mol. The number of carbonyl (C=O) groups excluding carboxylic acids is 1. The Morgan fingerprint density at radius 2 is 1.52 bits per heavy atom. The number of nitrogens with one attached hydrogen (secondary N) is 1. The second kappa shape index (κ2) is 8.45. The molecule has 0 atom stereocenters. The highest BCUT2D eigenvalue weighted by Crippen LogP contribution is 2.29. The lowest BCUT2D eigenvalue weighted by Gasteiger charge is -2.20. The van der Waals surface area contributed by atoms with Crippen molar-refractivity contribution in [2.24, 2.45) is 0 Å². The molecule has 0 aliphatic carbocycles. The van der Waals surface area contributed by atoms with E-state index >= 15 is 0 Å². The second-order valence-electron chi connectivity index (χ2n) is 6.17. The number of hydrogen-bond acceptors (Lipinski definition) is 4. The zero-order chi connectivity index (χ0) is 19.4. The summed E-state index contributed by atoms with van der Waals surface area (Å²) in [5, 5.41) is 8.70. The van der Waals surface area contributed by atoms with Crippen molar-refractivity contribution in [3.05, 3.63) is 27.8 Å². The van der Waals surface area contributed by atoms with E-state index in [1.807, 2.05) is 26.8 Å². The quantitative estimate of drug-likeness (QED) is 0.751. The van der Waals surface area contributed by atoms with Crippen LogP contribution in [0, 0.1) is 45.9 Å². The van der Waals surface area contributed by atoms with Gasteiger partial charge in [0.1, 0.15) is 6.54 Å². The number of hydrogen-bond donors (Lipinski definition) is 1. The zero-order valence-electron chi connectivity index (χ0n) is 15.9. The van der Waals surface area contributed by atoms with Gasteiger partial charge in [0.25, 0.3) is 0 Å². The summed E-state index contributed by atoms with van der Waals surface area (Å²) >= 11 is 0. The maximum absolute atomic E-state index is 12.7. The first-order valence-corrected chi connectivity index (χ1v) is 9.78. The highest BCUT2D eigenvalue weighted by Gasteiger charge is 2.23. The average Bonchev–Trinajstić information content (AvgIpc) is 2.55. The first-order chi connectivity index (χ1) is 11.6. The van der Waals surface area contributed by atoms with Crippen LogP contribution >= 0.6 is 0 Å². The van der Waals surface area contributed by atoms with Crippen molar-refractivity contribution in [3.8, 4) is 6.07 Å². The van der Waals surface area contributed by atoms with Gasteiger partial charge in [0.15, 0.2) is 0 Å². The summed E-state index contributed by atoms with van der Waals surface area (Å²) in [6, 6.07) is 1.93. The maximum atomic E-state index is 12.7. The maximum Gasteiger partial charge on any atom is 0.241 e. The van der Waals surface area contributed by atoms with E-state index in [1.165, 1.54) is 4.90 Å². The molecule has 0 aromatic heterocycles. The van der Waals surface area contributed by atoms with E-state index in [0.29, 0.717) is 11.4 Å². The summed E-state index contributed by atoms with van der Waals surface area (Å²) in [4.78, 5) is 13.7. The predicted octanol–water partition coefficient (Wildman–Crippen LogP) is 2.27. The highest BCUT2D eigenvalue weighted by molar-refractivity contribution is 7.89. The van der Waals surface area contributed by atoms with Crippen LogP contribution in [0.2, 0.25) is 0 Å². The number of amides is 1. The van der Waals surface area contributed by atoms with Crippen LogP contribution in [0.3, 0.4) is 0 Å². The summed E-state index contributed by atoms with van der Waals surface area (Å²) in [6.45, 7) is 11.7. The van der Waals surface area contributed by atoms with Gasteiger partial charge in [0, 0.05) is 19.5 Å². The molecule has 7 heteroatoms. The first-order valence-electron chi connectivity index (χ1n) is 8.29. The minimum Gasteiger partial charge on any atom is -0.330 e. The Labute approximate surface area is 150 Å². The van der Waals surface area contributed by atoms with Gasteiger partial charge in [0.05, 0.1) is 11.0 Å². The third kappa shape index (κ3) is 4.59. The molecule has 0 bridgehead atoms. The van der Waals surface area contributed by atoms with Gasteiger partial charge < -0.3 is 4.90 Å². The third-order valence-corrected chi connectivity index (χ3v) is 6.56. The molecule has 0 saturated carbocycles. The van der Waals surface area contributed by atoms with E-state index in [0.717, 1.165) is 27.8 Å². The fraction of sp³-hybridized carbons (Fsp3) is 0.556. The van der Waals surface area contributed by atoms with E-state index in [1.54, 1.807) is 20.8 Å². The van der Waals surface area contributed by atoms with E-state index < -0.39 is 10.0 Å². The van der Waals surface area contributed by atoms with Gasteiger partial charge in [-0.2, -0.15) is 5.26 Å². The Hall–Kier alpha value is -1.91. The molecular formula is C18H27N3O3S. The SMILES string of the molecule is CCN(CC#N)C(=O)CCNS(=O)(=O)c1c(C)c(C)c(C)c(C)c1C. The number of sulfonamides is 1. The van der Waals surface area contributed by atoms with Crippen molar-refractivity contribution in [2.75, 3.05) is 19.6 Å². The van der Waals surface area contributed by atoms with Crippen LogP contribution in [0.1, 0.15) is 41.2 Å². The average molecular weight is 365 g/mol. The minimum atomic E-state index is -3.71. The number of nitriles is 1. The lowest BCUT2D eigenvalue weighted by atomic mass is 9.95. The molecule has 6 nitrogen and oxygen atoms in total. The molecule has 25 heavy (non-hydrogen) atoms. The summed E-state index contributed by atoms with van der Waals surface area (Å²) in [5.74, 6) is -0.239. The predicted molar refractivity (Wildman–Crippen MR) is 97.8 cm³/mol. The Kier molecular flexibility index (Phi) is 7.15. The van der Waals surface area contributed by atoms with Crippen LogP contribution in [0.25, 0.3) is 0 Å². The van der Waals surface area contributed by atoms with E-state index in [2.05, 4.69) is 4.72 Å². The van der Waals surface area contributed by atoms with Crippen LogP contribution < -0.4 is 4.72 Å². The van der Waals surface area contributed by atoms with Crippen molar-refractivity contribution in [1.82, 2.24) is 9.62 Å². The molecule has 0 radical (unpaired) electrons. The van der Waals surface area contributed by atoms with Crippen LogP contribution in [0.5, 0.6) is 0 Å². The van der Waals surface area contributed by atoms with Crippen molar-refractivity contribution in [2.45, 2.75) is 52.9 Å². The van der Waals surface area contributed by atoms with Crippen molar-refractivity contribution >= 4 is 15.9 Å². The van der Waals surface area contributed by atoms with Crippen LogP contribution in [-0.2, 0) is 14.8 Å². The lowest BCUT2D eigenvalue weighted by molar-refractivity contribution is -0.130. The van der Waals surface area contributed by atoms with Gasteiger partial charge >= 0.3 is 0 Å². The Balaban J connectivity index is 2.98. The molecule has 0 fully saturated rings. The smallest absolute Gasteiger partial charge is 0.241 e. The second-order valence-corrected chi connectivity index (χ2v) is 7.87. The molecule has 1 aromatic rings. The largest absolute Gasteiger partial charge is 0.330 e. The molecule has 1 amide bonds. The number of benzene rings is 1. The van der Waals surface area contributed by atoms with E-state index in [9.17, 15) is 13.2 Å². The monoisotopic (exact) mass is 365 g/mol. The number of nitrogens with zero attached hydrogens (tertiary/aromatic N) is 2.